The first kappa shape index (κ1) is 22.6. The molecule has 7 nitrogen and oxygen atoms in total. The normalized spacial score (nSPS) is 12.8. The van der Waals surface area contributed by atoms with Gasteiger partial charge in [-0.15, -0.1) is 0 Å². The van der Waals surface area contributed by atoms with Crippen LogP contribution in [0.5, 0.6) is 5.75 Å². The van der Waals surface area contributed by atoms with Crippen molar-refractivity contribution in [1.82, 2.24) is 19.9 Å². The van der Waals surface area contributed by atoms with Gasteiger partial charge in [0.1, 0.15) is 17.2 Å². The number of aromatic nitrogens is 3. The van der Waals surface area contributed by atoms with Crippen molar-refractivity contribution in [3.63, 3.8) is 0 Å². The van der Waals surface area contributed by atoms with Crippen molar-refractivity contribution in [2.45, 2.75) is 52.7 Å². The molecule has 0 aliphatic heterocycles. The number of methoxy groups -OCH3 is 1. The molecule has 1 atom stereocenters. The van der Waals surface area contributed by atoms with Crippen LogP contribution < -0.4 is 4.74 Å². The molecule has 0 aliphatic rings. The molecule has 2 heterocycles. The Morgan fingerprint density at radius 3 is 2.45 bits per heavy atom. The first-order valence-corrected chi connectivity index (χ1v) is 10.5. The second kappa shape index (κ2) is 8.96. The number of rotatable bonds is 6. The van der Waals surface area contributed by atoms with Gasteiger partial charge in [0.15, 0.2) is 0 Å². The lowest BCUT2D eigenvalue weighted by molar-refractivity contribution is 0.0194. The number of nitrogens with zero attached hydrogens (tertiary/aromatic N) is 3. The average Bonchev–Trinajstić information content (AvgIpc) is 3.12. The third kappa shape index (κ3) is 5.34. The molecule has 0 fully saturated rings. The van der Waals surface area contributed by atoms with Gasteiger partial charge in [-0.1, -0.05) is 13.8 Å². The molecule has 2 aromatic heterocycles. The minimum absolute atomic E-state index is 0.238. The van der Waals surface area contributed by atoms with Crippen molar-refractivity contribution in [1.29, 1.82) is 0 Å². The number of imidazole rings is 1. The van der Waals surface area contributed by atoms with E-state index < -0.39 is 5.60 Å². The van der Waals surface area contributed by atoms with E-state index in [1.165, 1.54) is 0 Å². The van der Waals surface area contributed by atoms with Crippen molar-refractivity contribution in [3.8, 4) is 16.9 Å². The second-order valence-electron chi connectivity index (χ2n) is 9.16. The van der Waals surface area contributed by atoms with Gasteiger partial charge in [0.25, 0.3) is 0 Å². The summed E-state index contributed by atoms with van der Waals surface area (Å²) in [7, 11) is 3.41. The largest absolute Gasteiger partial charge is 0.496 e. The zero-order valence-electron chi connectivity index (χ0n) is 19.4. The number of amides is 1. The number of aromatic amines is 1. The van der Waals surface area contributed by atoms with E-state index in [1.54, 1.807) is 31.5 Å². The summed E-state index contributed by atoms with van der Waals surface area (Å²) in [6.45, 7) is 9.85. The van der Waals surface area contributed by atoms with Gasteiger partial charge in [-0.2, -0.15) is 0 Å². The van der Waals surface area contributed by atoms with Gasteiger partial charge in [-0.05, 0) is 56.9 Å². The first-order valence-electron chi connectivity index (χ1n) is 10.5. The maximum atomic E-state index is 12.7. The summed E-state index contributed by atoms with van der Waals surface area (Å²) < 4.78 is 11.2. The Balaban J connectivity index is 2.03. The van der Waals surface area contributed by atoms with E-state index >= 15 is 0 Å². The second-order valence-corrected chi connectivity index (χ2v) is 9.16. The van der Waals surface area contributed by atoms with Gasteiger partial charge < -0.3 is 19.4 Å². The van der Waals surface area contributed by atoms with Crippen LogP contribution in [0.2, 0.25) is 0 Å². The van der Waals surface area contributed by atoms with Gasteiger partial charge in [-0.3, -0.25) is 4.98 Å². The zero-order chi connectivity index (χ0) is 22.8. The molecule has 0 spiro atoms. The van der Waals surface area contributed by atoms with Gasteiger partial charge >= 0.3 is 6.09 Å². The molecule has 1 amide bonds. The van der Waals surface area contributed by atoms with Crippen LogP contribution in [0.3, 0.4) is 0 Å². The molecule has 0 saturated carbocycles. The molecule has 7 heteroatoms. The quantitative estimate of drug-likeness (QED) is 0.558. The number of hydrogen-bond acceptors (Lipinski definition) is 5. The molecule has 0 bridgehead atoms. The minimum atomic E-state index is -0.561. The van der Waals surface area contributed by atoms with Crippen LogP contribution >= 0.6 is 0 Å². The molecule has 0 aliphatic carbocycles. The maximum absolute atomic E-state index is 12.7. The fourth-order valence-electron chi connectivity index (χ4n) is 3.50. The molecular weight excluding hydrogens is 392 g/mol. The Morgan fingerprint density at radius 1 is 1.19 bits per heavy atom. The van der Waals surface area contributed by atoms with Crippen molar-refractivity contribution in [2.75, 3.05) is 14.2 Å². The summed E-state index contributed by atoms with van der Waals surface area (Å²) in [6.07, 6.45) is 3.90. The van der Waals surface area contributed by atoms with E-state index in [0.29, 0.717) is 5.92 Å². The summed E-state index contributed by atoms with van der Waals surface area (Å²) in [6, 6.07) is 7.60. The van der Waals surface area contributed by atoms with E-state index in [2.05, 4.69) is 23.8 Å². The van der Waals surface area contributed by atoms with Crippen LogP contribution in [0.1, 0.15) is 52.9 Å². The Morgan fingerprint density at radius 2 is 1.87 bits per heavy atom. The molecule has 3 rings (SSSR count). The van der Waals surface area contributed by atoms with E-state index in [4.69, 9.17) is 14.5 Å². The predicted octanol–water partition coefficient (Wildman–Crippen LogP) is 5.59. The third-order valence-corrected chi connectivity index (χ3v) is 4.97. The van der Waals surface area contributed by atoms with Gasteiger partial charge in [0.2, 0.25) is 0 Å². The Bertz CT molecular complexity index is 1040. The van der Waals surface area contributed by atoms with Gasteiger partial charge in [-0.25, -0.2) is 9.78 Å². The molecule has 0 radical (unpaired) electrons. The number of fused-ring (bicyclic) bond motifs is 1. The SMILES string of the molecule is COc1cc2nc(C(CC(C)C)N(C)C(=O)OC(C)(C)C)[nH]c2cc1-c1ccncc1. The standard InChI is InChI=1S/C24H32N4O3/c1-15(2)12-20(28(6)23(29)31-24(3,4)5)22-26-18-13-17(16-8-10-25-11-9-16)21(30-7)14-19(18)27-22/h8-11,13-15,20H,12H2,1-7H3,(H,26,27). The highest BCUT2D eigenvalue weighted by Gasteiger charge is 2.29. The number of ether oxygens (including phenoxy) is 2. The molecule has 31 heavy (non-hydrogen) atoms. The lowest BCUT2D eigenvalue weighted by atomic mass is 10.0. The number of H-pyrrole nitrogens is 1. The number of nitrogens with one attached hydrogen (secondary N) is 1. The van der Waals surface area contributed by atoms with E-state index in [-0.39, 0.29) is 12.1 Å². The summed E-state index contributed by atoms with van der Waals surface area (Å²) >= 11 is 0. The highest BCUT2D eigenvalue weighted by atomic mass is 16.6. The molecule has 1 aromatic carbocycles. The number of hydrogen-bond donors (Lipinski definition) is 1. The topological polar surface area (TPSA) is 80.3 Å². The van der Waals surface area contributed by atoms with Crippen LogP contribution in [-0.4, -0.2) is 45.7 Å². The van der Waals surface area contributed by atoms with Crippen molar-refractivity contribution < 1.29 is 14.3 Å². The molecule has 0 saturated heterocycles. The summed E-state index contributed by atoms with van der Waals surface area (Å²) in [5.74, 6) is 1.83. The van der Waals surface area contributed by atoms with Gasteiger partial charge in [0.05, 0.1) is 24.2 Å². The van der Waals surface area contributed by atoms with Crippen molar-refractivity contribution in [3.05, 3.63) is 42.5 Å². The van der Waals surface area contributed by atoms with Crippen LogP contribution in [0.15, 0.2) is 36.7 Å². The number of pyridine rings is 1. The van der Waals surface area contributed by atoms with E-state index in [0.717, 1.165) is 40.2 Å². The lowest BCUT2D eigenvalue weighted by Crippen LogP contribution is -2.37. The highest BCUT2D eigenvalue weighted by Crippen LogP contribution is 2.35. The lowest BCUT2D eigenvalue weighted by Gasteiger charge is -2.30. The average molecular weight is 425 g/mol. The van der Waals surface area contributed by atoms with Crippen LogP contribution in [0.25, 0.3) is 22.2 Å². The molecular formula is C24H32N4O3. The molecule has 1 N–H and O–H groups in total. The smallest absolute Gasteiger partial charge is 0.410 e. The van der Waals surface area contributed by atoms with Gasteiger partial charge in [0, 0.05) is 31.1 Å². The first-order chi connectivity index (χ1) is 14.6. The minimum Gasteiger partial charge on any atom is -0.496 e. The fraction of sp³-hybridized carbons (Fsp3) is 0.458. The van der Waals surface area contributed by atoms with E-state index in [1.807, 2.05) is 45.0 Å². The third-order valence-electron chi connectivity index (χ3n) is 4.97. The predicted molar refractivity (Wildman–Crippen MR) is 122 cm³/mol. The number of benzene rings is 1. The fourth-order valence-corrected chi connectivity index (χ4v) is 3.50. The van der Waals surface area contributed by atoms with Crippen molar-refractivity contribution in [2.24, 2.45) is 5.92 Å². The van der Waals surface area contributed by atoms with Crippen LogP contribution in [0.4, 0.5) is 4.79 Å². The monoisotopic (exact) mass is 424 g/mol. The maximum Gasteiger partial charge on any atom is 0.410 e. The van der Waals surface area contributed by atoms with Crippen LogP contribution in [0, 0.1) is 5.92 Å². The summed E-state index contributed by atoms with van der Waals surface area (Å²) in [5, 5.41) is 0. The highest BCUT2D eigenvalue weighted by molar-refractivity contribution is 5.86. The number of carbonyl (C=O) groups excluding carboxylic acids is 1. The summed E-state index contributed by atoms with van der Waals surface area (Å²) in [4.78, 5) is 26.7. The Kier molecular flexibility index (Phi) is 6.53. The van der Waals surface area contributed by atoms with Crippen molar-refractivity contribution >= 4 is 17.1 Å². The number of carbonyl (C=O) groups is 1. The van der Waals surface area contributed by atoms with E-state index in [9.17, 15) is 4.79 Å². The van der Waals surface area contributed by atoms with Crippen LogP contribution in [-0.2, 0) is 4.74 Å². The Hall–Kier alpha value is -3.09. The molecule has 3 aromatic rings. The molecule has 166 valence electrons. The Labute approximate surface area is 183 Å². The molecule has 1 unspecified atom stereocenters. The summed E-state index contributed by atoms with van der Waals surface area (Å²) in [5.41, 5.74) is 3.07. The zero-order valence-corrected chi connectivity index (χ0v) is 19.4.